The van der Waals surface area contributed by atoms with Crippen LogP contribution in [0.15, 0.2) is 53.6 Å². The van der Waals surface area contributed by atoms with E-state index in [4.69, 9.17) is 14.5 Å². The Hall–Kier alpha value is -3.26. The largest absolute Gasteiger partial charge is 0.497 e. The molecule has 0 aliphatic carbocycles. The number of hydrogen-bond donors (Lipinski definition) is 2. The Bertz CT molecular complexity index is 1070. The molecule has 1 heterocycles. The maximum atomic E-state index is 12.3. The Morgan fingerprint density at radius 2 is 1.80 bits per heavy atom. The van der Waals surface area contributed by atoms with E-state index < -0.39 is 17.2 Å². The van der Waals surface area contributed by atoms with Crippen LogP contribution in [0.1, 0.15) is 6.92 Å². The van der Waals surface area contributed by atoms with Crippen molar-refractivity contribution in [2.24, 2.45) is 0 Å². The summed E-state index contributed by atoms with van der Waals surface area (Å²) in [5.74, 6) is 0.877. The second-order valence-corrected chi connectivity index (χ2v) is 7.79. The Labute approximate surface area is 179 Å². The van der Waals surface area contributed by atoms with Crippen molar-refractivity contribution in [2.45, 2.75) is 17.2 Å². The fourth-order valence-electron chi connectivity index (χ4n) is 2.98. The topological polar surface area (TPSA) is 89.6 Å². The molecule has 0 bridgehead atoms. The number of pyridine rings is 1. The van der Waals surface area contributed by atoms with E-state index >= 15 is 0 Å². The Morgan fingerprint density at radius 1 is 1.07 bits per heavy atom. The van der Waals surface area contributed by atoms with Crippen molar-refractivity contribution >= 4 is 34.6 Å². The normalized spacial score (nSPS) is 11.6. The number of thioether (sulfide) groups is 1. The first-order valence-corrected chi connectivity index (χ1v) is 10.2. The van der Waals surface area contributed by atoms with Crippen molar-refractivity contribution in [3.63, 3.8) is 0 Å². The lowest BCUT2D eigenvalue weighted by molar-refractivity contribution is -0.119. The predicted octanol–water partition coefficient (Wildman–Crippen LogP) is 3.86. The quantitative estimate of drug-likeness (QED) is 0.583. The first kappa shape index (κ1) is 21.4. The zero-order valence-electron chi connectivity index (χ0n) is 17.2. The van der Waals surface area contributed by atoms with E-state index in [9.17, 15) is 9.59 Å². The van der Waals surface area contributed by atoms with Crippen molar-refractivity contribution < 1.29 is 19.1 Å². The zero-order valence-corrected chi connectivity index (χ0v) is 18.0. The number of urea groups is 1. The van der Waals surface area contributed by atoms with E-state index in [-0.39, 0.29) is 0 Å². The number of ether oxygens (including phenoxy) is 2. The van der Waals surface area contributed by atoms with Gasteiger partial charge in [0.25, 0.3) is 0 Å². The van der Waals surface area contributed by atoms with Crippen LogP contribution in [0, 0.1) is 0 Å². The second-order valence-electron chi connectivity index (χ2n) is 6.43. The minimum atomic E-state index is -0.543. The number of aromatic nitrogens is 1. The molecular weight excluding hydrogens is 402 g/mol. The van der Waals surface area contributed by atoms with E-state index in [2.05, 4.69) is 10.6 Å². The molecule has 0 saturated carbocycles. The second kappa shape index (κ2) is 9.49. The number of benzene rings is 2. The third-order valence-corrected chi connectivity index (χ3v) is 5.51. The molecule has 0 radical (unpaired) electrons. The molecule has 1 aromatic heterocycles. The number of carbonyl (C=O) groups is 2. The van der Waals surface area contributed by atoms with Crippen LogP contribution < -0.4 is 20.1 Å². The minimum absolute atomic E-state index is 0.397. The molecule has 30 heavy (non-hydrogen) atoms. The first-order valence-electron chi connectivity index (χ1n) is 9.28. The molecule has 2 aromatic carbocycles. The van der Waals surface area contributed by atoms with Gasteiger partial charge in [-0.3, -0.25) is 10.1 Å². The highest BCUT2D eigenvalue weighted by Gasteiger charge is 2.20. The number of methoxy groups -OCH3 is 2. The standard InChI is InChI=1S/C22H23N3O4S/c1-13(21(26)25-22(27)23-2)30-19-12-16(14-8-6-5-7-9-14)20-17(24-19)10-15(28-3)11-18(20)29-4/h5-13H,1-4H3,(H2,23,25,26,27)/t13-/m0/s1. The first-order chi connectivity index (χ1) is 14.5. The molecule has 7 nitrogen and oxygen atoms in total. The molecule has 3 aromatic rings. The molecule has 0 fully saturated rings. The maximum absolute atomic E-state index is 12.3. The zero-order chi connectivity index (χ0) is 21.7. The van der Waals surface area contributed by atoms with Crippen LogP contribution in [0.2, 0.25) is 0 Å². The fourth-order valence-corrected chi connectivity index (χ4v) is 3.84. The van der Waals surface area contributed by atoms with Gasteiger partial charge >= 0.3 is 6.03 Å². The maximum Gasteiger partial charge on any atom is 0.321 e. The molecule has 3 rings (SSSR count). The number of nitrogens with zero attached hydrogens (tertiary/aromatic N) is 1. The van der Waals surface area contributed by atoms with Crippen LogP contribution in [0.25, 0.3) is 22.0 Å². The van der Waals surface area contributed by atoms with Gasteiger partial charge in [-0.1, -0.05) is 42.1 Å². The van der Waals surface area contributed by atoms with Crippen molar-refractivity contribution in [1.29, 1.82) is 0 Å². The molecule has 8 heteroatoms. The summed E-state index contributed by atoms with van der Waals surface area (Å²) in [5.41, 5.74) is 2.62. The van der Waals surface area contributed by atoms with E-state index in [1.54, 1.807) is 21.1 Å². The van der Waals surface area contributed by atoms with E-state index in [0.29, 0.717) is 22.0 Å². The summed E-state index contributed by atoms with van der Waals surface area (Å²) >= 11 is 1.27. The van der Waals surface area contributed by atoms with Gasteiger partial charge in [-0.2, -0.15) is 0 Å². The predicted molar refractivity (Wildman–Crippen MR) is 118 cm³/mol. The Kier molecular flexibility index (Phi) is 6.79. The Morgan fingerprint density at radius 3 is 2.43 bits per heavy atom. The molecular formula is C22H23N3O4S. The summed E-state index contributed by atoms with van der Waals surface area (Å²) in [6.45, 7) is 1.73. The minimum Gasteiger partial charge on any atom is -0.497 e. The SMILES string of the molecule is CNC(=O)NC(=O)[C@H](C)Sc1cc(-c2ccccc2)c2c(OC)cc(OC)cc2n1. The highest BCUT2D eigenvalue weighted by Crippen LogP contribution is 2.40. The van der Waals surface area contributed by atoms with E-state index in [0.717, 1.165) is 16.5 Å². The van der Waals surface area contributed by atoms with Crippen LogP contribution in [0.5, 0.6) is 11.5 Å². The van der Waals surface area contributed by atoms with Gasteiger partial charge in [0.2, 0.25) is 5.91 Å². The average Bonchev–Trinajstić information content (AvgIpc) is 2.77. The Balaban J connectivity index is 2.10. The number of rotatable bonds is 6. The molecule has 156 valence electrons. The molecule has 0 aliphatic heterocycles. The lowest BCUT2D eigenvalue weighted by Crippen LogP contribution is -2.41. The summed E-state index contributed by atoms with van der Waals surface area (Å²) < 4.78 is 11.0. The van der Waals surface area contributed by atoms with Crippen LogP contribution in [-0.2, 0) is 4.79 Å². The number of hydrogen-bond acceptors (Lipinski definition) is 6. The fraction of sp³-hybridized carbons (Fsp3) is 0.227. The van der Waals surface area contributed by atoms with Crippen LogP contribution >= 0.6 is 11.8 Å². The summed E-state index contributed by atoms with van der Waals surface area (Å²) in [4.78, 5) is 28.4. The lowest BCUT2D eigenvalue weighted by Gasteiger charge is -2.16. The van der Waals surface area contributed by atoms with Gasteiger partial charge in [-0.05, 0) is 24.1 Å². The van der Waals surface area contributed by atoms with Gasteiger partial charge in [-0.15, -0.1) is 0 Å². The summed E-state index contributed by atoms with van der Waals surface area (Å²) in [5, 5.41) is 5.65. The summed E-state index contributed by atoms with van der Waals surface area (Å²) in [6.07, 6.45) is 0. The highest BCUT2D eigenvalue weighted by molar-refractivity contribution is 8.00. The third kappa shape index (κ3) is 4.65. The lowest BCUT2D eigenvalue weighted by atomic mass is 10.0. The van der Waals surface area contributed by atoms with Gasteiger partial charge in [0.1, 0.15) is 11.5 Å². The van der Waals surface area contributed by atoms with E-state index in [1.807, 2.05) is 48.5 Å². The summed E-state index contributed by atoms with van der Waals surface area (Å²) in [7, 11) is 4.65. The van der Waals surface area contributed by atoms with Gasteiger partial charge in [0.15, 0.2) is 0 Å². The smallest absolute Gasteiger partial charge is 0.321 e. The van der Waals surface area contributed by atoms with Crippen molar-refractivity contribution in [3.8, 4) is 22.6 Å². The highest BCUT2D eigenvalue weighted by atomic mass is 32.2. The number of imide groups is 1. The van der Waals surface area contributed by atoms with Crippen LogP contribution in [0.4, 0.5) is 4.79 Å². The van der Waals surface area contributed by atoms with Gasteiger partial charge in [0.05, 0.1) is 35.4 Å². The van der Waals surface area contributed by atoms with Gasteiger partial charge < -0.3 is 14.8 Å². The third-order valence-electron chi connectivity index (χ3n) is 4.49. The van der Waals surface area contributed by atoms with E-state index in [1.165, 1.54) is 18.8 Å². The number of fused-ring (bicyclic) bond motifs is 1. The molecule has 2 N–H and O–H groups in total. The van der Waals surface area contributed by atoms with Crippen molar-refractivity contribution in [3.05, 3.63) is 48.5 Å². The number of carbonyl (C=O) groups excluding carboxylic acids is 2. The van der Waals surface area contributed by atoms with Crippen LogP contribution in [-0.4, -0.2) is 43.4 Å². The molecule has 0 spiro atoms. The van der Waals surface area contributed by atoms with Gasteiger partial charge in [0, 0.05) is 19.2 Å². The van der Waals surface area contributed by atoms with Gasteiger partial charge in [-0.25, -0.2) is 9.78 Å². The average molecular weight is 426 g/mol. The summed E-state index contributed by atoms with van der Waals surface area (Å²) in [6, 6.07) is 14.9. The van der Waals surface area contributed by atoms with Crippen molar-refractivity contribution in [2.75, 3.05) is 21.3 Å². The molecule has 3 amide bonds. The van der Waals surface area contributed by atoms with Crippen molar-refractivity contribution in [1.82, 2.24) is 15.6 Å². The molecule has 0 unspecified atom stereocenters. The van der Waals surface area contributed by atoms with Crippen LogP contribution in [0.3, 0.4) is 0 Å². The number of nitrogens with one attached hydrogen (secondary N) is 2. The molecule has 0 saturated heterocycles. The molecule has 0 aliphatic rings. The molecule has 1 atom stereocenters. The monoisotopic (exact) mass is 425 g/mol. The number of amides is 3.